The number of para-hydroxylation sites is 5. The molecule has 56 heavy (non-hydrogen) atoms. The average Bonchev–Trinajstić information content (AvgIpc) is 3.94. The molecule has 0 saturated carbocycles. The van der Waals surface area contributed by atoms with E-state index in [-0.39, 0.29) is 0 Å². The summed E-state index contributed by atoms with van der Waals surface area (Å²) >= 11 is 0. The van der Waals surface area contributed by atoms with Crippen LogP contribution < -0.4 is 4.90 Å². The molecular formula is C52H32N2O2. The number of hydrogen-bond donors (Lipinski definition) is 0. The van der Waals surface area contributed by atoms with Gasteiger partial charge in [0.1, 0.15) is 22.3 Å². The van der Waals surface area contributed by atoms with Crippen molar-refractivity contribution in [3.63, 3.8) is 0 Å². The lowest BCUT2D eigenvalue weighted by atomic mass is 9.98. The van der Waals surface area contributed by atoms with Gasteiger partial charge in [-0.2, -0.15) is 0 Å². The smallest absolute Gasteiger partial charge is 0.143 e. The van der Waals surface area contributed by atoms with Gasteiger partial charge in [0, 0.05) is 72.0 Å². The Bertz CT molecular complexity index is 3440. The Balaban J connectivity index is 1.08. The molecule has 12 aromatic rings. The van der Waals surface area contributed by atoms with Gasteiger partial charge in [-0.15, -0.1) is 0 Å². The highest BCUT2D eigenvalue weighted by molar-refractivity contribution is 6.18. The molecule has 0 fully saturated rings. The van der Waals surface area contributed by atoms with E-state index in [1.54, 1.807) is 0 Å². The van der Waals surface area contributed by atoms with Crippen molar-refractivity contribution in [1.82, 2.24) is 4.57 Å². The largest absolute Gasteiger partial charge is 0.456 e. The van der Waals surface area contributed by atoms with Crippen molar-refractivity contribution in [2.45, 2.75) is 0 Å². The van der Waals surface area contributed by atoms with Crippen molar-refractivity contribution in [3.05, 3.63) is 194 Å². The van der Waals surface area contributed by atoms with E-state index in [0.29, 0.717) is 0 Å². The first-order chi connectivity index (χ1) is 27.8. The molecule has 262 valence electrons. The second-order valence-electron chi connectivity index (χ2n) is 14.5. The summed E-state index contributed by atoms with van der Waals surface area (Å²) in [6.45, 7) is 0. The van der Waals surface area contributed by atoms with Gasteiger partial charge in [0.05, 0.1) is 16.7 Å². The molecule has 4 nitrogen and oxygen atoms in total. The molecule has 12 rings (SSSR count). The molecule has 3 heterocycles. The minimum absolute atomic E-state index is 0.847. The zero-order valence-corrected chi connectivity index (χ0v) is 30.2. The molecule has 0 aliphatic heterocycles. The van der Waals surface area contributed by atoms with Crippen LogP contribution in [0.3, 0.4) is 0 Å². The summed E-state index contributed by atoms with van der Waals surface area (Å²) in [5.41, 5.74) is 12.2. The summed E-state index contributed by atoms with van der Waals surface area (Å²) in [6.07, 6.45) is 0. The van der Waals surface area contributed by atoms with Crippen molar-refractivity contribution in [2.75, 3.05) is 4.90 Å². The number of aromatic nitrogens is 1. The third-order valence-corrected chi connectivity index (χ3v) is 11.4. The number of hydrogen-bond acceptors (Lipinski definition) is 3. The molecule has 0 spiro atoms. The SMILES string of the molecule is c1ccc(N(c2ccc(-n3c4ccccc4c4ccccc43)cc2)c2ccc3c(c2)oc2ccccc23)c(-c2cccc3c2oc2c4ccccc4ccc32)c1. The van der Waals surface area contributed by atoms with Crippen molar-refractivity contribution < 1.29 is 8.83 Å². The third-order valence-electron chi connectivity index (χ3n) is 11.4. The van der Waals surface area contributed by atoms with E-state index in [1.807, 2.05) is 12.1 Å². The second kappa shape index (κ2) is 12.0. The molecule has 9 aromatic carbocycles. The van der Waals surface area contributed by atoms with E-state index in [2.05, 4.69) is 191 Å². The van der Waals surface area contributed by atoms with E-state index < -0.39 is 0 Å². The van der Waals surface area contributed by atoms with Crippen LogP contribution in [-0.2, 0) is 0 Å². The molecule has 0 aliphatic carbocycles. The van der Waals surface area contributed by atoms with Crippen LogP contribution in [0.1, 0.15) is 0 Å². The average molecular weight is 717 g/mol. The maximum absolute atomic E-state index is 6.88. The lowest BCUT2D eigenvalue weighted by Crippen LogP contribution is -2.11. The fourth-order valence-corrected chi connectivity index (χ4v) is 8.87. The number of rotatable bonds is 5. The Morgan fingerprint density at radius 2 is 0.946 bits per heavy atom. The molecular weight excluding hydrogens is 685 g/mol. The second-order valence-corrected chi connectivity index (χ2v) is 14.5. The van der Waals surface area contributed by atoms with Crippen molar-refractivity contribution >= 4 is 93.5 Å². The number of nitrogens with zero attached hydrogens (tertiary/aromatic N) is 2. The standard InChI is InChI=1S/C52H32N2O2/c1-2-13-37-33(12-1)24-30-45-44-19-11-18-43(52(44)56-51(37)45)40-16-5-7-20-46(40)53(36-29-31-42-41-17-6-10-23-49(41)55-50(42)32-36)34-25-27-35(28-26-34)54-47-21-8-3-14-38(47)39-15-4-9-22-48(39)54/h1-32H. The van der Waals surface area contributed by atoms with Crippen LogP contribution in [-0.4, -0.2) is 4.57 Å². The highest BCUT2D eigenvalue weighted by Crippen LogP contribution is 2.46. The minimum atomic E-state index is 0.847. The monoisotopic (exact) mass is 716 g/mol. The number of fused-ring (bicyclic) bond motifs is 11. The molecule has 0 amide bonds. The molecule has 4 heteroatoms. The van der Waals surface area contributed by atoms with Crippen LogP contribution in [0.2, 0.25) is 0 Å². The molecule has 3 aromatic heterocycles. The molecule has 0 N–H and O–H groups in total. The quantitative estimate of drug-likeness (QED) is 0.178. The summed E-state index contributed by atoms with van der Waals surface area (Å²) < 4.78 is 15.7. The first-order valence-electron chi connectivity index (χ1n) is 19.0. The van der Waals surface area contributed by atoms with E-state index in [1.165, 1.54) is 21.8 Å². The van der Waals surface area contributed by atoms with E-state index in [9.17, 15) is 0 Å². The van der Waals surface area contributed by atoms with Gasteiger partial charge in [-0.1, -0.05) is 121 Å². The maximum Gasteiger partial charge on any atom is 0.143 e. The van der Waals surface area contributed by atoms with Crippen molar-refractivity contribution in [2.24, 2.45) is 0 Å². The lowest BCUT2D eigenvalue weighted by molar-refractivity contribution is 0.669. The molecule has 0 saturated heterocycles. The zero-order chi connectivity index (χ0) is 36.7. The molecule has 0 aliphatic rings. The fraction of sp³-hybridized carbons (Fsp3) is 0. The number of anilines is 3. The van der Waals surface area contributed by atoms with Crippen molar-refractivity contribution in [3.8, 4) is 16.8 Å². The predicted molar refractivity (Wildman–Crippen MR) is 233 cm³/mol. The molecule has 0 atom stereocenters. The molecule has 0 bridgehead atoms. The normalized spacial score (nSPS) is 11.9. The lowest BCUT2D eigenvalue weighted by Gasteiger charge is -2.28. The Morgan fingerprint density at radius 3 is 1.77 bits per heavy atom. The third kappa shape index (κ3) is 4.53. The van der Waals surface area contributed by atoms with E-state index in [4.69, 9.17) is 8.83 Å². The molecule has 0 unspecified atom stereocenters. The Labute approximate surface area is 321 Å². The first kappa shape index (κ1) is 30.9. The number of benzene rings is 9. The van der Waals surface area contributed by atoms with Gasteiger partial charge in [0.15, 0.2) is 0 Å². The van der Waals surface area contributed by atoms with Gasteiger partial charge in [0.2, 0.25) is 0 Å². The highest BCUT2D eigenvalue weighted by atomic mass is 16.3. The van der Waals surface area contributed by atoms with E-state index >= 15 is 0 Å². The Kier molecular flexibility index (Phi) is 6.60. The predicted octanol–water partition coefficient (Wildman–Crippen LogP) is 14.9. The van der Waals surface area contributed by atoms with Gasteiger partial charge in [-0.3, -0.25) is 0 Å². The van der Waals surface area contributed by atoms with Gasteiger partial charge in [-0.05, 0) is 72.1 Å². The number of furan rings is 2. The van der Waals surface area contributed by atoms with Gasteiger partial charge in [-0.25, -0.2) is 0 Å². The maximum atomic E-state index is 6.88. The summed E-state index contributed by atoms with van der Waals surface area (Å²) in [5, 5.41) is 9.19. The van der Waals surface area contributed by atoms with Crippen LogP contribution in [0.15, 0.2) is 203 Å². The van der Waals surface area contributed by atoms with Crippen LogP contribution in [0, 0.1) is 0 Å². The summed E-state index contributed by atoms with van der Waals surface area (Å²) in [5.74, 6) is 0. The molecule has 0 radical (unpaired) electrons. The van der Waals surface area contributed by atoms with Gasteiger partial charge >= 0.3 is 0 Å². The topological polar surface area (TPSA) is 34.5 Å². The first-order valence-corrected chi connectivity index (χ1v) is 19.0. The van der Waals surface area contributed by atoms with Crippen LogP contribution in [0.4, 0.5) is 17.1 Å². The van der Waals surface area contributed by atoms with E-state index in [0.717, 1.165) is 88.5 Å². The minimum Gasteiger partial charge on any atom is -0.456 e. The van der Waals surface area contributed by atoms with Gasteiger partial charge < -0.3 is 18.3 Å². The van der Waals surface area contributed by atoms with Crippen LogP contribution in [0.5, 0.6) is 0 Å². The highest BCUT2D eigenvalue weighted by Gasteiger charge is 2.22. The van der Waals surface area contributed by atoms with Crippen LogP contribution >= 0.6 is 0 Å². The Hall–Kier alpha value is -7.56. The Morgan fingerprint density at radius 1 is 0.357 bits per heavy atom. The summed E-state index contributed by atoms with van der Waals surface area (Å²) in [6, 6.07) is 68.9. The summed E-state index contributed by atoms with van der Waals surface area (Å²) in [7, 11) is 0. The fourth-order valence-electron chi connectivity index (χ4n) is 8.87. The zero-order valence-electron chi connectivity index (χ0n) is 30.2. The van der Waals surface area contributed by atoms with Crippen molar-refractivity contribution in [1.29, 1.82) is 0 Å². The van der Waals surface area contributed by atoms with Crippen LogP contribution in [0.25, 0.3) is 93.3 Å². The van der Waals surface area contributed by atoms with Gasteiger partial charge in [0.25, 0.3) is 0 Å². The summed E-state index contributed by atoms with van der Waals surface area (Å²) in [4.78, 5) is 2.34.